The molecule has 9 heteroatoms. The van der Waals surface area contributed by atoms with Gasteiger partial charge in [0.2, 0.25) is 5.91 Å². The van der Waals surface area contributed by atoms with Crippen LogP contribution in [-0.2, 0) is 4.79 Å². The molecule has 0 spiro atoms. The van der Waals surface area contributed by atoms with Gasteiger partial charge in [0.25, 0.3) is 5.91 Å². The van der Waals surface area contributed by atoms with E-state index in [-0.39, 0.29) is 10.6 Å². The van der Waals surface area contributed by atoms with Gasteiger partial charge in [0.05, 0.1) is 10.6 Å². The van der Waals surface area contributed by atoms with E-state index in [9.17, 15) is 22.8 Å². The van der Waals surface area contributed by atoms with Crippen LogP contribution in [-0.4, -0.2) is 60.0 Å². The van der Waals surface area contributed by atoms with Crippen molar-refractivity contribution in [2.24, 2.45) is 0 Å². The highest BCUT2D eigenvalue weighted by molar-refractivity contribution is 6.33. The van der Waals surface area contributed by atoms with Crippen molar-refractivity contribution in [3.63, 3.8) is 0 Å². The third-order valence-electron chi connectivity index (χ3n) is 2.48. The Labute approximate surface area is 124 Å². The fourth-order valence-corrected chi connectivity index (χ4v) is 1.61. The fraction of sp³-hybridized carbons (Fsp3) is 0.417. The second-order valence-corrected chi connectivity index (χ2v) is 4.83. The van der Waals surface area contributed by atoms with E-state index < -0.39 is 31.1 Å². The molecule has 0 aliphatic carbocycles. The van der Waals surface area contributed by atoms with Gasteiger partial charge in [0.15, 0.2) is 0 Å². The van der Waals surface area contributed by atoms with Crippen molar-refractivity contribution in [3.8, 4) is 0 Å². The molecule has 0 N–H and O–H groups in total. The summed E-state index contributed by atoms with van der Waals surface area (Å²) in [4.78, 5) is 28.9. The maximum atomic E-state index is 12.6. The first-order chi connectivity index (χ1) is 9.61. The average molecular weight is 324 g/mol. The van der Waals surface area contributed by atoms with Crippen LogP contribution < -0.4 is 0 Å². The summed E-state index contributed by atoms with van der Waals surface area (Å²) in [6.07, 6.45) is -2.26. The fourth-order valence-electron chi connectivity index (χ4n) is 1.43. The number of pyridine rings is 1. The van der Waals surface area contributed by atoms with E-state index in [1.807, 2.05) is 0 Å². The predicted molar refractivity (Wildman–Crippen MR) is 69.9 cm³/mol. The first-order valence-electron chi connectivity index (χ1n) is 5.77. The quantitative estimate of drug-likeness (QED) is 0.849. The molecule has 1 rings (SSSR count). The molecular formula is C12H13ClF3N3O2. The number of nitrogens with zero attached hydrogens (tertiary/aromatic N) is 3. The number of carbonyl (C=O) groups excluding carboxylic acids is 2. The van der Waals surface area contributed by atoms with Gasteiger partial charge < -0.3 is 9.80 Å². The lowest BCUT2D eigenvalue weighted by molar-refractivity contribution is -0.146. The van der Waals surface area contributed by atoms with Crippen LogP contribution in [0.5, 0.6) is 0 Å². The number of likely N-dealkylation sites (N-methyl/N-ethyl adjacent to an activating group) is 1. The molecule has 0 radical (unpaired) electrons. The van der Waals surface area contributed by atoms with Gasteiger partial charge in [-0.2, -0.15) is 13.2 Å². The Bertz CT molecular complexity index is 535. The molecule has 5 nitrogen and oxygen atoms in total. The van der Waals surface area contributed by atoms with E-state index in [4.69, 9.17) is 11.6 Å². The number of amides is 2. The molecule has 1 aromatic rings. The molecule has 1 aromatic heterocycles. The van der Waals surface area contributed by atoms with Crippen molar-refractivity contribution in [3.05, 3.63) is 29.0 Å². The maximum Gasteiger partial charge on any atom is 0.406 e. The van der Waals surface area contributed by atoms with Crippen molar-refractivity contribution in [1.29, 1.82) is 0 Å². The summed E-state index contributed by atoms with van der Waals surface area (Å²) in [5.74, 6) is -1.63. The molecule has 0 atom stereocenters. The summed E-state index contributed by atoms with van der Waals surface area (Å²) in [6, 6.07) is 1.29. The molecule has 0 bridgehead atoms. The van der Waals surface area contributed by atoms with Crippen molar-refractivity contribution in [2.75, 3.05) is 27.2 Å². The van der Waals surface area contributed by atoms with Crippen LogP contribution in [0, 0.1) is 0 Å². The van der Waals surface area contributed by atoms with Gasteiger partial charge in [0.1, 0.15) is 13.1 Å². The molecule has 1 heterocycles. The first kappa shape index (κ1) is 17.2. The summed E-state index contributed by atoms with van der Waals surface area (Å²) in [5, 5.41) is -0.0283. The van der Waals surface area contributed by atoms with Gasteiger partial charge in [-0.1, -0.05) is 11.6 Å². The van der Waals surface area contributed by atoms with Crippen LogP contribution in [0.1, 0.15) is 10.4 Å². The molecule has 2 amide bonds. The minimum Gasteiger partial charge on any atom is -0.347 e. The lowest BCUT2D eigenvalue weighted by Crippen LogP contribution is -2.45. The van der Waals surface area contributed by atoms with Crippen molar-refractivity contribution < 1.29 is 22.8 Å². The smallest absolute Gasteiger partial charge is 0.347 e. The van der Waals surface area contributed by atoms with Crippen LogP contribution in [0.25, 0.3) is 0 Å². The Balaban J connectivity index is 3.03. The molecule has 0 saturated carbocycles. The zero-order valence-electron chi connectivity index (χ0n) is 11.3. The van der Waals surface area contributed by atoms with E-state index >= 15 is 0 Å². The van der Waals surface area contributed by atoms with Crippen molar-refractivity contribution in [2.45, 2.75) is 6.18 Å². The highest BCUT2D eigenvalue weighted by atomic mass is 35.5. The Hall–Kier alpha value is -1.83. The van der Waals surface area contributed by atoms with Crippen molar-refractivity contribution >= 4 is 23.4 Å². The van der Waals surface area contributed by atoms with Crippen LogP contribution in [0.15, 0.2) is 18.5 Å². The zero-order chi connectivity index (χ0) is 16.2. The monoisotopic (exact) mass is 323 g/mol. The normalized spacial score (nSPS) is 11.1. The number of halogens is 4. The largest absolute Gasteiger partial charge is 0.406 e. The van der Waals surface area contributed by atoms with Crippen LogP contribution >= 0.6 is 11.6 Å². The van der Waals surface area contributed by atoms with Gasteiger partial charge in [-0.3, -0.25) is 14.6 Å². The first-order valence-corrected chi connectivity index (χ1v) is 6.15. The van der Waals surface area contributed by atoms with Gasteiger partial charge in [0, 0.05) is 26.5 Å². The van der Waals surface area contributed by atoms with Crippen LogP contribution in [0.4, 0.5) is 13.2 Å². The summed E-state index contributed by atoms with van der Waals surface area (Å²) in [5.41, 5.74) is -0.185. The lowest BCUT2D eigenvalue weighted by atomic mass is 10.2. The third kappa shape index (κ3) is 5.22. The number of rotatable bonds is 4. The van der Waals surface area contributed by atoms with Gasteiger partial charge in [-0.15, -0.1) is 0 Å². The average Bonchev–Trinajstić information content (AvgIpc) is 2.36. The molecule has 0 aliphatic heterocycles. The Kier molecular flexibility index (Phi) is 5.54. The molecule has 0 aliphatic rings. The highest BCUT2D eigenvalue weighted by Crippen LogP contribution is 2.21. The lowest BCUT2D eigenvalue weighted by Gasteiger charge is -2.25. The van der Waals surface area contributed by atoms with Crippen LogP contribution in [0.3, 0.4) is 0 Å². The van der Waals surface area contributed by atoms with E-state index in [2.05, 4.69) is 4.98 Å². The predicted octanol–water partition coefficient (Wildman–Crippen LogP) is 1.83. The molecule has 0 saturated heterocycles. The number of aromatic nitrogens is 1. The van der Waals surface area contributed by atoms with E-state index in [1.165, 1.54) is 26.4 Å². The van der Waals surface area contributed by atoms with E-state index in [0.717, 1.165) is 11.1 Å². The summed E-state index contributed by atoms with van der Waals surface area (Å²) in [7, 11) is 2.77. The summed E-state index contributed by atoms with van der Waals surface area (Å²) in [6.45, 7) is -2.24. The molecule has 116 valence electrons. The number of alkyl halides is 3. The minimum absolute atomic E-state index is 0.0283. The van der Waals surface area contributed by atoms with Gasteiger partial charge >= 0.3 is 6.18 Å². The molecule has 0 aromatic carbocycles. The number of hydrogen-bond acceptors (Lipinski definition) is 3. The molecule has 21 heavy (non-hydrogen) atoms. The molecular weight excluding hydrogens is 311 g/mol. The topological polar surface area (TPSA) is 53.5 Å². The SMILES string of the molecule is CN(C)C(=O)CN(CC(F)(F)F)C(=O)c1cnccc1Cl. The minimum atomic E-state index is -4.63. The summed E-state index contributed by atoms with van der Waals surface area (Å²) >= 11 is 5.77. The van der Waals surface area contributed by atoms with Crippen LogP contribution in [0.2, 0.25) is 5.02 Å². The second-order valence-electron chi connectivity index (χ2n) is 4.42. The number of hydrogen-bond donors (Lipinski definition) is 0. The Morgan fingerprint density at radius 1 is 1.33 bits per heavy atom. The highest BCUT2D eigenvalue weighted by Gasteiger charge is 2.35. The van der Waals surface area contributed by atoms with Gasteiger partial charge in [-0.05, 0) is 6.07 Å². The Morgan fingerprint density at radius 2 is 1.95 bits per heavy atom. The number of carbonyl (C=O) groups is 2. The Morgan fingerprint density at radius 3 is 2.43 bits per heavy atom. The zero-order valence-corrected chi connectivity index (χ0v) is 12.1. The summed E-state index contributed by atoms with van der Waals surface area (Å²) < 4.78 is 37.7. The van der Waals surface area contributed by atoms with Crippen molar-refractivity contribution in [1.82, 2.24) is 14.8 Å². The van der Waals surface area contributed by atoms with E-state index in [1.54, 1.807) is 0 Å². The molecule has 0 fully saturated rings. The maximum absolute atomic E-state index is 12.6. The van der Waals surface area contributed by atoms with E-state index in [0.29, 0.717) is 4.90 Å². The standard InChI is InChI=1S/C12H13ClF3N3O2/c1-18(2)10(20)6-19(7-12(14,15)16)11(21)8-5-17-4-3-9(8)13/h3-5H,6-7H2,1-2H3. The molecule has 0 unspecified atom stereocenters. The second kappa shape index (κ2) is 6.75. The third-order valence-corrected chi connectivity index (χ3v) is 2.81. The van der Waals surface area contributed by atoms with Gasteiger partial charge in [-0.25, -0.2) is 0 Å².